The van der Waals surface area contributed by atoms with Gasteiger partial charge in [0.15, 0.2) is 5.78 Å². The summed E-state index contributed by atoms with van der Waals surface area (Å²) >= 11 is 0. The zero-order valence-electron chi connectivity index (χ0n) is 14.7. The molecule has 0 saturated heterocycles. The van der Waals surface area contributed by atoms with E-state index in [9.17, 15) is 15.0 Å². The molecular weight excluding hydrogens is 332 g/mol. The Labute approximate surface area is 152 Å². The Hall–Kier alpha value is -2.79. The zero-order valence-corrected chi connectivity index (χ0v) is 14.7. The van der Waals surface area contributed by atoms with Crippen molar-refractivity contribution in [1.82, 2.24) is 0 Å². The number of phenols is 1. The standard InChI is InChI=1S/C21H22O5/c1-25-18-12-15(13-22)19(14-6-3-2-4-7-14)21(24)20(18)17(23)10-9-16-8-5-11-26-16/h5-6,8-12,22,24H,2-4,7,13H2,1H3/b10-9+. The van der Waals surface area contributed by atoms with Crippen LogP contribution in [0.4, 0.5) is 0 Å². The number of benzene rings is 1. The van der Waals surface area contributed by atoms with E-state index in [2.05, 4.69) is 6.08 Å². The number of carbonyl (C=O) groups excluding carboxylic acids is 1. The summed E-state index contributed by atoms with van der Waals surface area (Å²) in [7, 11) is 1.43. The molecule has 5 heteroatoms. The normalized spacial score (nSPS) is 14.5. The van der Waals surface area contributed by atoms with Crippen molar-refractivity contribution in [3.63, 3.8) is 0 Å². The third-order valence-corrected chi connectivity index (χ3v) is 4.54. The highest BCUT2D eigenvalue weighted by atomic mass is 16.5. The predicted octanol–water partition coefficient (Wildman–Crippen LogP) is 4.34. The molecule has 0 fully saturated rings. The number of ether oxygens (including phenoxy) is 1. The SMILES string of the molecule is COc1cc(CO)c(C2=CCCCC2)c(O)c1C(=O)/C=C/c1ccco1. The van der Waals surface area contributed by atoms with Gasteiger partial charge in [-0.3, -0.25) is 4.79 Å². The summed E-state index contributed by atoms with van der Waals surface area (Å²) < 4.78 is 10.5. The summed E-state index contributed by atoms with van der Waals surface area (Å²) in [5.41, 5.74) is 2.15. The summed E-state index contributed by atoms with van der Waals surface area (Å²) in [5, 5.41) is 20.6. The number of furan rings is 1. The second kappa shape index (κ2) is 8.06. The van der Waals surface area contributed by atoms with Crippen molar-refractivity contribution in [2.75, 3.05) is 7.11 Å². The fourth-order valence-corrected chi connectivity index (χ4v) is 3.27. The van der Waals surface area contributed by atoms with Crippen molar-refractivity contribution >= 4 is 17.4 Å². The number of methoxy groups -OCH3 is 1. The molecule has 1 aromatic carbocycles. The van der Waals surface area contributed by atoms with Gasteiger partial charge in [-0.05, 0) is 67.2 Å². The van der Waals surface area contributed by atoms with Gasteiger partial charge in [-0.25, -0.2) is 0 Å². The minimum Gasteiger partial charge on any atom is -0.506 e. The van der Waals surface area contributed by atoms with Gasteiger partial charge in [0.25, 0.3) is 0 Å². The number of hydrogen-bond donors (Lipinski definition) is 2. The van der Waals surface area contributed by atoms with Crippen LogP contribution in [0.15, 0.2) is 41.0 Å². The molecule has 0 saturated carbocycles. The lowest BCUT2D eigenvalue weighted by molar-refractivity contribution is 0.104. The highest BCUT2D eigenvalue weighted by Gasteiger charge is 2.24. The Morgan fingerprint density at radius 2 is 2.23 bits per heavy atom. The average molecular weight is 354 g/mol. The summed E-state index contributed by atoms with van der Waals surface area (Å²) in [6, 6.07) is 5.08. The number of carbonyl (C=O) groups is 1. The van der Waals surface area contributed by atoms with Crippen LogP contribution in [0.1, 0.15) is 52.9 Å². The first-order valence-corrected chi connectivity index (χ1v) is 8.64. The molecule has 0 bridgehead atoms. The molecule has 0 aliphatic heterocycles. The van der Waals surface area contributed by atoms with Crippen molar-refractivity contribution < 1.29 is 24.2 Å². The third kappa shape index (κ3) is 3.58. The highest BCUT2D eigenvalue weighted by Crippen LogP contribution is 2.41. The maximum atomic E-state index is 12.7. The molecule has 2 N–H and O–H groups in total. The van der Waals surface area contributed by atoms with Crippen LogP contribution in [0.3, 0.4) is 0 Å². The Morgan fingerprint density at radius 1 is 1.38 bits per heavy atom. The van der Waals surface area contributed by atoms with Crippen LogP contribution in [0.2, 0.25) is 0 Å². The highest BCUT2D eigenvalue weighted by molar-refractivity contribution is 6.11. The predicted molar refractivity (Wildman–Crippen MR) is 99.1 cm³/mol. The number of rotatable bonds is 6. The number of aliphatic hydroxyl groups excluding tert-OH is 1. The molecule has 0 unspecified atom stereocenters. The van der Waals surface area contributed by atoms with Gasteiger partial charge in [-0.1, -0.05) is 6.08 Å². The van der Waals surface area contributed by atoms with Crippen LogP contribution < -0.4 is 4.74 Å². The fraction of sp³-hybridized carbons (Fsp3) is 0.286. The first kappa shape index (κ1) is 18.0. The third-order valence-electron chi connectivity index (χ3n) is 4.54. The number of allylic oxidation sites excluding steroid dienone is 3. The zero-order chi connectivity index (χ0) is 18.5. The summed E-state index contributed by atoms with van der Waals surface area (Å²) in [5.74, 6) is 0.244. The van der Waals surface area contributed by atoms with Gasteiger partial charge in [-0.2, -0.15) is 0 Å². The largest absolute Gasteiger partial charge is 0.506 e. The molecule has 136 valence electrons. The van der Waals surface area contributed by atoms with Gasteiger partial charge in [0.05, 0.1) is 20.0 Å². The number of hydrogen-bond acceptors (Lipinski definition) is 5. The molecule has 26 heavy (non-hydrogen) atoms. The molecular formula is C21H22O5. The topological polar surface area (TPSA) is 79.9 Å². The van der Waals surface area contributed by atoms with Crippen LogP contribution in [0.25, 0.3) is 11.6 Å². The van der Waals surface area contributed by atoms with Gasteiger partial charge in [0.2, 0.25) is 0 Å². The van der Waals surface area contributed by atoms with E-state index in [-0.39, 0.29) is 23.7 Å². The quantitative estimate of drug-likeness (QED) is 0.596. The summed E-state index contributed by atoms with van der Waals surface area (Å²) in [6.45, 7) is -0.243. The molecule has 5 nitrogen and oxygen atoms in total. The van der Waals surface area contributed by atoms with E-state index in [4.69, 9.17) is 9.15 Å². The molecule has 0 spiro atoms. The lowest BCUT2D eigenvalue weighted by Gasteiger charge is -2.20. The van der Waals surface area contributed by atoms with E-state index in [0.717, 1.165) is 31.3 Å². The van der Waals surface area contributed by atoms with Crippen LogP contribution in [-0.4, -0.2) is 23.1 Å². The fourth-order valence-electron chi connectivity index (χ4n) is 3.27. The lowest BCUT2D eigenvalue weighted by Crippen LogP contribution is -2.06. The maximum Gasteiger partial charge on any atom is 0.193 e. The average Bonchev–Trinajstić information content (AvgIpc) is 3.19. The number of aliphatic hydroxyl groups is 1. The maximum absolute atomic E-state index is 12.7. The van der Waals surface area contributed by atoms with E-state index in [1.165, 1.54) is 19.4 Å². The molecule has 1 aliphatic carbocycles. The van der Waals surface area contributed by atoms with E-state index < -0.39 is 5.78 Å². The lowest BCUT2D eigenvalue weighted by atomic mass is 9.87. The second-order valence-electron chi connectivity index (χ2n) is 6.18. The van der Waals surface area contributed by atoms with Crippen molar-refractivity contribution in [2.24, 2.45) is 0 Å². The van der Waals surface area contributed by atoms with Crippen LogP contribution in [0, 0.1) is 0 Å². The van der Waals surface area contributed by atoms with Crippen molar-refractivity contribution in [3.05, 3.63) is 59.1 Å². The molecule has 1 aliphatic rings. The summed E-state index contributed by atoms with van der Waals surface area (Å²) in [6.07, 6.45) is 10.3. The molecule has 0 radical (unpaired) electrons. The van der Waals surface area contributed by atoms with E-state index >= 15 is 0 Å². The van der Waals surface area contributed by atoms with Crippen LogP contribution in [0.5, 0.6) is 11.5 Å². The molecule has 0 amide bonds. The van der Waals surface area contributed by atoms with Crippen molar-refractivity contribution in [3.8, 4) is 11.5 Å². The van der Waals surface area contributed by atoms with Gasteiger partial charge >= 0.3 is 0 Å². The molecule has 0 atom stereocenters. The Balaban J connectivity index is 2.08. The number of phenolic OH excluding ortho intramolecular Hbond substituents is 1. The molecule has 3 rings (SSSR count). The van der Waals surface area contributed by atoms with Gasteiger partial charge < -0.3 is 19.4 Å². The smallest absolute Gasteiger partial charge is 0.193 e. The Bertz CT molecular complexity index is 844. The van der Waals surface area contributed by atoms with E-state index in [0.29, 0.717) is 16.9 Å². The number of ketones is 1. The molecule has 1 heterocycles. The Kier molecular flexibility index (Phi) is 5.58. The first-order valence-electron chi connectivity index (χ1n) is 8.64. The van der Waals surface area contributed by atoms with Gasteiger partial charge in [0.1, 0.15) is 22.8 Å². The van der Waals surface area contributed by atoms with Gasteiger partial charge in [0, 0.05) is 5.56 Å². The molecule has 2 aromatic rings. The van der Waals surface area contributed by atoms with Crippen LogP contribution >= 0.6 is 0 Å². The van der Waals surface area contributed by atoms with Gasteiger partial charge in [-0.15, -0.1) is 0 Å². The minimum absolute atomic E-state index is 0.0916. The van der Waals surface area contributed by atoms with E-state index in [1.54, 1.807) is 24.3 Å². The Morgan fingerprint density at radius 3 is 2.85 bits per heavy atom. The monoisotopic (exact) mass is 354 g/mol. The first-order chi connectivity index (χ1) is 12.7. The van der Waals surface area contributed by atoms with Crippen LogP contribution in [-0.2, 0) is 6.61 Å². The summed E-state index contributed by atoms with van der Waals surface area (Å²) in [4.78, 5) is 12.7. The second-order valence-corrected chi connectivity index (χ2v) is 6.18. The minimum atomic E-state index is -0.391. The van der Waals surface area contributed by atoms with E-state index in [1.807, 2.05) is 0 Å². The molecule has 1 aromatic heterocycles. The van der Waals surface area contributed by atoms with Crippen molar-refractivity contribution in [1.29, 1.82) is 0 Å². The number of aromatic hydroxyl groups is 1. The van der Waals surface area contributed by atoms with Crippen molar-refractivity contribution in [2.45, 2.75) is 32.3 Å².